The summed E-state index contributed by atoms with van der Waals surface area (Å²) in [6.07, 6.45) is 0. The average molecular weight is 284 g/mol. The first-order valence-corrected chi connectivity index (χ1v) is 6.88. The van der Waals surface area contributed by atoms with Crippen LogP contribution < -0.4 is 9.80 Å². The molecular formula is C15H20N6. The molecule has 2 aliphatic rings. The SMILES string of the molecule is Cc1c2nc(N(C)C)nc-2ccc2nc(N(C)C)n(C)c12. The van der Waals surface area contributed by atoms with Crippen molar-refractivity contribution in [2.24, 2.45) is 7.05 Å². The zero-order valence-corrected chi connectivity index (χ0v) is 13.3. The van der Waals surface area contributed by atoms with Gasteiger partial charge in [-0.25, -0.2) is 15.0 Å². The van der Waals surface area contributed by atoms with Crippen LogP contribution in [-0.2, 0) is 7.05 Å². The summed E-state index contributed by atoms with van der Waals surface area (Å²) >= 11 is 0. The minimum Gasteiger partial charge on any atom is -0.348 e. The molecule has 0 radical (unpaired) electrons. The second-order valence-electron chi connectivity index (χ2n) is 5.71. The van der Waals surface area contributed by atoms with Crippen LogP contribution in [0.5, 0.6) is 0 Å². The number of nitrogens with zero attached hydrogens (tertiary/aromatic N) is 6. The van der Waals surface area contributed by atoms with E-state index in [1.54, 1.807) is 0 Å². The minimum atomic E-state index is 0.738. The average Bonchev–Trinajstić information content (AvgIpc) is 2.94. The summed E-state index contributed by atoms with van der Waals surface area (Å²) < 4.78 is 2.11. The van der Waals surface area contributed by atoms with Crippen LogP contribution in [0, 0.1) is 6.92 Å². The van der Waals surface area contributed by atoms with Gasteiger partial charge in [-0.15, -0.1) is 0 Å². The Bertz CT molecular complexity index is 787. The lowest BCUT2D eigenvalue weighted by molar-refractivity contribution is 0.887. The maximum atomic E-state index is 4.70. The summed E-state index contributed by atoms with van der Waals surface area (Å²) in [6, 6.07) is 4.02. The molecule has 0 atom stereocenters. The third-order valence-electron chi connectivity index (χ3n) is 3.68. The van der Waals surface area contributed by atoms with Crippen molar-refractivity contribution in [3.05, 3.63) is 17.7 Å². The number of aromatic nitrogens is 4. The van der Waals surface area contributed by atoms with Crippen LogP contribution in [0.1, 0.15) is 5.56 Å². The molecule has 21 heavy (non-hydrogen) atoms. The molecule has 0 aromatic carbocycles. The van der Waals surface area contributed by atoms with Gasteiger partial charge in [0, 0.05) is 40.8 Å². The highest BCUT2D eigenvalue weighted by Crippen LogP contribution is 2.31. The Balaban J connectivity index is 2.38. The molecule has 1 aliphatic carbocycles. The number of imidazole rings is 2. The quantitative estimate of drug-likeness (QED) is 0.719. The first kappa shape index (κ1) is 13.6. The molecule has 6 nitrogen and oxygen atoms in total. The van der Waals surface area contributed by atoms with E-state index in [-0.39, 0.29) is 0 Å². The largest absolute Gasteiger partial charge is 0.348 e. The Morgan fingerprint density at radius 2 is 1.67 bits per heavy atom. The van der Waals surface area contributed by atoms with Gasteiger partial charge in [0.2, 0.25) is 11.9 Å². The number of fused-ring (bicyclic) bond motifs is 2. The molecule has 0 unspecified atom stereocenters. The normalized spacial score (nSPS) is 11.3. The Morgan fingerprint density at radius 3 is 2.29 bits per heavy atom. The minimum absolute atomic E-state index is 0.738. The van der Waals surface area contributed by atoms with Crippen molar-refractivity contribution in [3.8, 4) is 11.4 Å². The number of anilines is 2. The highest BCUT2D eigenvalue weighted by Gasteiger charge is 2.18. The van der Waals surface area contributed by atoms with E-state index in [1.807, 2.05) is 57.2 Å². The molecule has 1 aromatic rings. The molecule has 0 spiro atoms. The van der Waals surface area contributed by atoms with Gasteiger partial charge in [0.25, 0.3) is 0 Å². The lowest BCUT2D eigenvalue weighted by atomic mass is 10.2. The van der Waals surface area contributed by atoms with Crippen LogP contribution in [-0.4, -0.2) is 47.7 Å². The summed E-state index contributed by atoms with van der Waals surface area (Å²) in [5, 5.41) is 0. The number of hydrogen-bond donors (Lipinski definition) is 0. The lowest BCUT2D eigenvalue weighted by Crippen LogP contribution is -2.13. The fraction of sp³-hybridized carbons (Fsp3) is 0.400. The maximum Gasteiger partial charge on any atom is 0.226 e. The topological polar surface area (TPSA) is 50.1 Å². The molecule has 3 rings (SSSR count). The summed E-state index contributed by atoms with van der Waals surface area (Å²) in [7, 11) is 9.94. The fourth-order valence-electron chi connectivity index (χ4n) is 2.67. The number of rotatable bonds is 2. The molecule has 1 aromatic heterocycles. The Morgan fingerprint density at radius 1 is 0.952 bits per heavy atom. The van der Waals surface area contributed by atoms with E-state index in [2.05, 4.69) is 21.5 Å². The van der Waals surface area contributed by atoms with Crippen molar-refractivity contribution < 1.29 is 0 Å². The molecule has 0 saturated heterocycles. The van der Waals surface area contributed by atoms with Gasteiger partial charge in [-0.05, 0) is 19.1 Å². The molecule has 1 aliphatic heterocycles. The van der Waals surface area contributed by atoms with Crippen molar-refractivity contribution in [2.75, 3.05) is 38.0 Å². The maximum absolute atomic E-state index is 4.70. The van der Waals surface area contributed by atoms with Crippen molar-refractivity contribution in [3.63, 3.8) is 0 Å². The van der Waals surface area contributed by atoms with Crippen LogP contribution in [0.4, 0.5) is 11.9 Å². The van der Waals surface area contributed by atoms with Gasteiger partial charge in [0.05, 0.1) is 22.4 Å². The predicted molar refractivity (Wildman–Crippen MR) is 86.3 cm³/mol. The van der Waals surface area contributed by atoms with E-state index in [0.29, 0.717) is 0 Å². The first-order chi connectivity index (χ1) is 9.90. The second kappa shape index (κ2) is 4.58. The highest BCUT2D eigenvalue weighted by atomic mass is 15.3. The van der Waals surface area contributed by atoms with Crippen LogP contribution in [0.2, 0.25) is 0 Å². The van der Waals surface area contributed by atoms with Gasteiger partial charge in [0.1, 0.15) is 0 Å². The second-order valence-corrected chi connectivity index (χ2v) is 5.71. The lowest BCUT2D eigenvalue weighted by Gasteiger charge is -2.11. The molecule has 110 valence electrons. The molecule has 6 heteroatoms. The van der Waals surface area contributed by atoms with Gasteiger partial charge >= 0.3 is 0 Å². The van der Waals surface area contributed by atoms with Crippen LogP contribution in [0.25, 0.3) is 22.4 Å². The van der Waals surface area contributed by atoms with Crippen molar-refractivity contribution in [2.45, 2.75) is 6.92 Å². The molecule has 2 heterocycles. The first-order valence-electron chi connectivity index (χ1n) is 6.88. The molecule has 0 fully saturated rings. The summed E-state index contributed by atoms with van der Waals surface area (Å²) in [5.74, 6) is 1.67. The third kappa shape index (κ3) is 1.98. The van der Waals surface area contributed by atoms with Gasteiger partial charge < -0.3 is 14.4 Å². The van der Waals surface area contributed by atoms with Gasteiger partial charge in [-0.3, -0.25) is 0 Å². The van der Waals surface area contributed by atoms with Crippen LogP contribution in [0.3, 0.4) is 0 Å². The van der Waals surface area contributed by atoms with Crippen molar-refractivity contribution in [1.82, 2.24) is 19.5 Å². The zero-order valence-electron chi connectivity index (χ0n) is 13.3. The Kier molecular flexibility index (Phi) is 2.97. The molecule has 0 N–H and O–H groups in total. The molecular weight excluding hydrogens is 264 g/mol. The highest BCUT2D eigenvalue weighted by molar-refractivity contribution is 5.87. The monoisotopic (exact) mass is 284 g/mol. The Labute approximate surface area is 124 Å². The van der Waals surface area contributed by atoms with Gasteiger partial charge in [0.15, 0.2) is 0 Å². The van der Waals surface area contributed by atoms with E-state index in [0.717, 1.165) is 39.9 Å². The van der Waals surface area contributed by atoms with E-state index in [1.165, 1.54) is 0 Å². The number of hydrogen-bond acceptors (Lipinski definition) is 5. The zero-order chi connectivity index (χ0) is 15.3. The molecule has 0 saturated carbocycles. The summed E-state index contributed by atoms with van der Waals surface area (Å²) in [5.41, 5.74) is 5.00. The van der Waals surface area contributed by atoms with Crippen molar-refractivity contribution >= 4 is 22.9 Å². The molecule has 0 amide bonds. The Hall–Kier alpha value is -2.37. The van der Waals surface area contributed by atoms with E-state index >= 15 is 0 Å². The third-order valence-corrected chi connectivity index (χ3v) is 3.68. The van der Waals surface area contributed by atoms with E-state index < -0.39 is 0 Å². The van der Waals surface area contributed by atoms with Crippen molar-refractivity contribution in [1.29, 1.82) is 0 Å². The van der Waals surface area contributed by atoms with Crippen LogP contribution in [0.15, 0.2) is 12.1 Å². The fourth-order valence-corrected chi connectivity index (χ4v) is 2.67. The van der Waals surface area contributed by atoms with Gasteiger partial charge in [-0.1, -0.05) is 0 Å². The smallest absolute Gasteiger partial charge is 0.226 e. The molecule has 0 bridgehead atoms. The summed E-state index contributed by atoms with van der Waals surface area (Å²) in [4.78, 5) is 17.9. The van der Waals surface area contributed by atoms with E-state index in [4.69, 9.17) is 4.98 Å². The number of aryl methyl sites for hydroxylation is 2. The standard InChI is InChI=1S/C15H20N6/c1-9-12-10(16-14(18-12)19(2)3)7-8-11-13(9)21(6)15(17-11)20(4)5/h7-8H,1-6H3. The van der Waals surface area contributed by atoms with E-state index in [9.17, 15) is 0 Å². The van der Waals surface area contributed by atoms with Crippen LogP contribution >= 0.6 is 0 Å². The van der Waals surface area contributed by atoms with Gasteiger partial charge in [-0.2, -0.15) is 0 Å². The summed E-state index contributed by atoms with van der Waals surface area (Å²) in [6.45, 7) is 2.08. The predicted octanol–water partition coefficient (Wildman–Crippen LogP) is 1.91.